The first-order chi connectivity index (χ1) is 9.12. The van der Waals surface area contributed by atoms with Gasteiger partial charge in [0.15, 0.2) is 0 Å². The molecule has 4 heteroatoms. The molecule has 0 atom stereocenters. The van der Waals surface area contributed by atoms with E-state index in [1.807, 2.05) is 4.90 Å². The van der Waals surface area contributed by atoms with Gasteiger partial charge < -0.3 is 10.0 Å². The second-order valence-corrected chi connectivity index (χ2v) is 5.61. The van der Waals surface area contributed by atoms with Crippen LogP contribution in [-0.4, -0.2) is 35.1 Å². The molecule has 1 aromatic rings. The SMILES string of the molecule is O=C(N1CCC(O)CC1)C1(c2ccc(F)cc2)CC1. The maximum atomic E-state index is 13.0. The maximum absolute atomic E-state index is 13.0. The summed E-state index contributed by atoms with van der Waals surface area (Å²) in [6, 6.07) is 6.28. The fourth-order valence-corrected chi connectivity index (χ4v) is 2.89. The van der Waals surface area contributed by atoms with Crippen LogP contribution in [0.2, 0.25) is 0 Å². The number of likely N-dealkylation sites (tertiary alicyclic amines) is 1. The average molecular weight is 263 g/mol. The molecule has 1 saturated carbocycles. The zero-order valence-electron chi connectivity index (χ0n) is 10.8. The van der Waals surface area contributed by atoms with Crippen molar-refractivity contribution in [3.8, 4) is 0 Å². The zero-order valence-corrected chi connectivity index (χ0v) is 10.8. The van der Waals surface area contributed by atoms with E-state index in [4.69, 9.17) is 0 Å². The summed E-state index contributed by atoms with van der Waals surface area (Å²) >= 11 is 0. The van der Waals surface area contributed by atoms with Gasteiger partial charge in [-0.15, -0.1) is 0 Å². The van der Waals surface area contributed by atoms with E-state index in [1.165, 1.54) is 12.1 Å². The standard InChI is InChI=1S/C15H18FNO2/c16-12-3-1-11(2-4-12)15(7-8-15)14(19)17-9-5-13(18)6-10-17/h1-4,13,18H,5-10H2. The third kappa shape index (κ3) is 2.25. The number of halogens is 1. The third-order valence-electron chi connectivity index (χ3n) is 4.31. The molecule has 1 saturated heterocycles. The molecule has 2 aliphatic rings. The molecule has 1 aliphatic heterocycles. The van der Waals surface area contributed by atoms with E-state index < -0.39 is 5.41 Å². The Kier molecular flexibility index (Phi) is 3.05. The van der Waals surface area contributed by atoms with E-state index in [0.29, 0.717) is 25.9 Å². The van der Waals surface area contributed by atoms with Crippen molar-refractivity contribution >= 4 is 5.91 Å². The molecular formula is C15H18FNO2. The van der Waals surface area contributed by atoms with Crippen molar-refractivity contribution in [2.45, 2.75) is 37.2 Å². The summed E-state index contributed by atoms with van der Waals surface area (Å²) in [4.78, 5) is 14.5. The smallest absolute Gasteiger partial charge is 0.233 e. The molecule has 102 valence electrons. The first kappa shape index (κ1) is 12.6. The lowest BCUT2D eigenvalue weighted by atomic mass is 9.93. The number of hydrogen-bond acceptors (Lipinski definition) is 2. The van der Waals surface area contributed by atoms with Crippen LogP contribution >= 0.6 is 0 Å². The lowest BCUT2D eigenvalue weighted by Gasteiger charge is -2.32. The molecule has 1 aromatic carbocycles. The van der Waals surface area contributed by atoms with E-state index in [-0.39, 0.29) is 17.8 Å². The van der Waals surface area contributed by atoms with Gasteiger partial charge in [0, 0.05) is 13.1 Å². The van der Waals surface area contributed by atoms with Crippen LogP contribution < -0.4 is 0 Å². The van der Waals surface area contributed by atoms with Gasteiger partial charge in [0.05, 0.1) is 11.5 Å². The predicted molar refractivity (Wildman–Crippen MR) is 69.1 cm³/mol. The second kappa shape index (κ2) is 4.60. The topological polar surface area (TPSA) is 40.5 Å². The van der Waals surface area contributed by atoms with Crippen LogP contribution in [0.25, 0.3) is 0 Å². The minimum atomic E-state index is -0.421. The van der Waals surface area contributed by atoms with Gasteiger partial charge in [-0.1, -0.05) is 12.1 Å². The highest BCUT2D eigenvalue weighted by molar-refractivity contribution is 5.91. The van der Waals surface area contributed by atoms with Crippen LogP contribution in [0.15, 0.2) is 24.3 Å². The highest BCUT2D eigenvalue weighted by atomic mass is 19.1. The maximum Gasteiger partial charge on any atom is 0.233 e. The number of amides is 1. The fraction of sp³-hybridized carbons (Fsp3) is 0.533. The Morgan fingerprint density at radius 2 is 1.79 bits per heavy atom. The monoisotopic (exact) mass is 263 g/mol. The minimum absolute atomic E-state index is 0.144. The van der Waals surface area contributed by atoms with Crippen LogP contribution in [0.3, 0.4) is 0 Å². The number of nitrogens with zero attached hydrogens (tertiary/aromatic N) is 1. The van der Waals surface area contributed by atoms with Crippen molar-refractivity contribution < 1.29 is 14.3 Å². The van der Waals surface area contributed by atoms with Crippen LogP contribution in [0, 0.1) is 5.82 Å². The van der Waals surface area contributed by atoms with Gasteiger partial charge in [0.2, 0.25) is 5.91 Å². The van der Waals surface area contributed by atoms with Gasteiger partial charge >= 0.3 is 0 Å². The van der Waals surface area contributed by atoms with Gasteiger partial charge in [0.1, 0.15) is 5.82 Å². The molecule has 0 aromatic heterocycles. The summed E-state index contributed by atoms with van der Waals surface area (Å²) in [5.41, 5.74) is 0.501. The highest BCUT2D eigenvalue weighted by Crippen LogP contribution is 2.49. The molecule has 1 heterocycles. The fourth-order valence-electron chi connectivity index (χ4n) is 2.89. The van der Waals surface area contributed by atoms with E-state index >= 15 is 0 Å². The molecule has 1 N–H and O–H groups in total. The molecule has 0 spiro atoms. The molecule has 1 aliphatic carbocycles. The van der Waals surface area contributed by atoms with E-state index in [9.17, 15) is 14.3 Å². The zero-order chi connectivity index (χ0) is 13.5. The summed E-state index contributed by atoms with van der Waals surface area (Å²) in [6.45, 7) is 1.26. The van der Waals surface area contributed by atoms with Crippen molar-refractivity contribution in [3.63, 3.8) is 0 Å². The number of carbonyl (C=O) groups excluding carboxylic acids is 1. The summed E-state index contributed by atoms with van der Waals surface area (Å²) in [6.07, 6.45) is 2.73. The molecule has 1 amide bonds. The third-order valence-corrected chi connectivity index (χ3v) is 4.31. The normalized spacial score (nSPS) is 22.3. The number of carbonyl (C=O) groups is 1. The van der Waals surface area contributed by atoms with Crippen molar-refractivity contribution in [2.24, 2.45) is 0 Å². The summed E-state index contributed by atoms with van der Waals surface area (Å²) < 4.78 is 13.0. The molecule has 0 radical (unpaired) electrons. The minimum Gasteiger partial charge on any atom is -0.393 e. The van der Waals surface area contributed by atoms with Crippen molar-refractivity contribution in [1.82, 2.24) is 4.90 Å². The molecule has 19 heavy (non-hydrogen) atoms. The summed E-state index contributed by atoms with van der Waals surface area (Å²) in [7, 11) is 0. The molecule has 0 unspecified atom stereocenters. The molecule has 3 nitrogen and oxygen atoms in total. The van der Waals surface area contributed by atoms with Crippen LogP contribution in [0.4, 0.5) is 4.39 Å². The number of piperidine rings is 1. The number of benzene rings is 1. The Balaban J connectivity index is 1.77. The second-order valence-electron chi connectivity index (χ2n) is 5.61. The number of aliphatic hydroxyl groups excluding tert-OH is 1. The number of hydrogen-bond donors (Lipinski definition) is 1. The average Bonchev–Trinajstić information content (AvgIpc) is 3.21. The van der Waals surface area contributed by atoms with Crippen molar-refractivity contribution in [1.29, 1.82) is 0 Å². The van der Waals surface area contributed by atoms with Crippen LogP contribution in [-0.2, 0) is 10.2 Å². The summed E-state index contributed by atoms with van der Waals surface area (Å²) in [5, 5.41) is 9.50. The lowest BCUT2D eigenvalue weighted by molar-refractivity contribution is -0.136. The predicted octanol–water partition coefficient (Wildman–Crippen LogP) is 1.84. The molecule has 0 bridgehead atoms. The van der Waals surface area contributed by atoms with E-state index in [0.717, 1.165) is 18.4 Å². The Morgan fingerprint density at radius 1 is 1.21 bits per heavy atom. The van der Waals surface area contributed by atoms with Crippen molar-refractivity contribution in [3.05, 3.63) is 35.6 Å². The van der Waals surface area contributed by atoms with Crippen LogP contribution in [0.5, 0.6) is 0 Å². The molecule has 3 rings (SSSR count). The van der Waals surface area contributed by atoms with E-state index in [1.54, 1.807) is 12.1 Å². The Bertz CT molecular complexity index is 473. The van der Waals surface area contributed by atoms with Gasteiger partial charge in [-0.05, 0) is 43.4 Å². The quantitative estimate of drug-likeness (QED) is 0.884. The Morgan fingerprint density at radius 3 is 2.32 bits per heavy atom. The first-order valence-electron chi connectivity index (χ1n) is 6.85. The lowest BCUT2D eigenvalue weighted by Crippen LogP contribution is -2.45. The van der Waals surface area contributed by atoms with Crippen LogP contribution in [0.1, 0.15) is 31.2 Å². The van der Waals surface area contributed by atoms with Gasteiger partial charge in [-0.3, -0.25) is 4.79 Å². The van der Waals surface area contributed by atoms with Gasteiger partial charge in [-0.25, -0.2) is 4.39 Å². The van der Waals surface area contributed by atoms with Crippen molar-refractivity contribution in [2.75, 3.05) is 13.1 Å². The van der Waals surface area contributed by atoms with Gasteiger partial charge in [-0.2, -0.15) is 0 Å². The Hall–Kier alpha value is -1.42. The molecular weight excluding hydrogens is 245 g/mol. The largest absolute Gasteiger partial charge is 0.393 e. The Labute approximate surface area is 112 Å². The number of rotatable bonds is 2. The highest BCUT2D eigenvalue weighted by Gasteiger charge is 2.53. The summed E-state index contributed by atoms with van der Waals surface area (Å²) in [5.74, 6) is -0.126. The number of aliphatic hydroxyl groups is 1. The first-order valence-corrected chi connectivity index (χ1v) is 6.85. The van der Waals surface area contributed by atoms with Gasteiger partial charge in [0.25, 0.3) is 0 Å². The van der Waals surface area contributed by atoms with E-state index in [2.05, 4.69) is 0 Å². The molecule has 2 fully saturated rings.